The van der Waals surface area contributed by atoms with Crippen LogP contribution in [0.3, 0.4) is 0 Å². The van der Waals surface area contributed by atoms with Crippen molar-refractivity contribution in [3.05, 3.63) is 50.7 Å². The van der Waals surface area contributed by atoms with Crippen molar-refractivity contribution in [1.29, 1.82) is 0 Å². The van der Waals surface area contributed by atoms with Gasteiger partial charge in [0.05, 0.1) is 11.7 Å². The van der Waals surface area contributed by atoms with Crippen molar-refractivity contribution < 1.29 is 4.39 Å². The lowest BCUT2D eigenvalue weighted by Crippen LogP contribution is -2.29. The van der Waals surface area contributed by atoms with Crippen LogP contribution >= 0.6 is 22.9 Å². The van der Waals surface area contributed by atoms with Crippen molar-refractivity contribution in [2.75, 3.05) is 0 Å². The van der Waals surface area contributed by atoms with Crippen LogP contribution in [-0.4, -0.2) is 11.0 Å². The number of nitrogens with zero attached hydrogens (tertiary/aromatic N) is 1. The van der Waals surface area contributed by atoms with Crippen molar-refractivity contribution in [2.45, 2.75) is 45.7 Å². The fourth-order valence-electron chi connectivity index (χ4n) is 2.06. The molecule has 1 aromatic carbocycles. The number of thiazole rings is 1. The second kappa shape index (κ2) is 6.86. The van der Waals surface area contributed by atoms with Gasteiger partial charge in [0.2, 0.25) is 0 Å². The molecular formula is C16H20ClFN2S. The summed E-state index contributed by atoms with van der Waals surface area (Å²) in [6, 6.07) is 4.58. The Hall–Kier alpha value is -0.970. The molecule has 1 N–H and O–H groups in total. The van der Waals surface area contributed by atoms with Crippen molar-refractivity contribution in [3.8, 4) is 0 Å². The SMILES string of the molecule is CC(C)NC(c1nc(C(C)C)cs1)c1cc(Cl)ccc1F. The van der Waals surface area contributed by atoms with Crippen LogP contribution in [0.4, 0.5) is 4.39 Å². The Morgan fingerprint density at radius 2 is 1.95 bits per heavy atom. The summed E-state index contributed by atoms with van der Waals surface area (Å²) in [5, 5.41) is 6.82. The second-order valence-electron chi connectivity index (χ2n) is 5.69. The average Bonchev–Trinajstić information content (AvgIpc) is 2.88. The fourth-order valence-corrected chi connectivity index (χ4v) is 3.30. The summed E-state index contributed by atoms with van der Waals surface area (Å²) in [7, 11) is 0. The number of hydrogen-bond donors (Lipinski definition) is 1. The molecular weight excluding hydrogens is 307 g/mol. The van der Waals surface area contributed by atoms with E-state index in [1.807, 2.05) is 19.2 Å². The zero-order valence-electron chi connectivity index (χ0n) is 12.7. The highest BCUT2D eigenvalue weighted by molar-refractivity contribution is 7.09. The normalized spacial score (nSPS) is 13.1. The van der Waals surface area contributed by atoms with E-state index in [9.17, 15) is 4.39 Å². The molecule has 0 aliphatic carbocycles. The van der Waals surface area contributed by atoms with E-state index in [4.69, 9.17) is 11.6 Å². The molecule has 0 saturated heterocycles. The summed E-state index contributed by atoms with van der Waals surface area (Å²) in [4.78, 5) is 4.66. The van der Waals surface area contributed by atoms with Gasteiger partial charge in [-0.15, -0.1) is 11.3 Å². The molecule has 0 radical (unpaired) electrons. The van der Waals surface area contributed by atoms with Gasteiger partial charge in [0.1, 0.15) is 10.8 Å². The van der Waals surface area contributed by atoms with Crippen molar-refractivity contribution in [3.63, 3.8) is 0 Å². The van der Waals surface area contributed by atoms with E-state index in [0.29, 0.717) is 16.5 Å². The van der Waals surface area contributed by atoms with Gasteiger partial charge in [0.15, 0.2) is 0 Å². The molecule has 0 spiro atoms. The standard InChI is InChI=1S/C16H20ClFN2S/c1-9(2)14-8-21-16(20-14)15(19-10(3)4)12-7-11(17)5-6-13(12)18/h5-10,15,19H,1-4H3. The summed E-state index contributed by atoms with van der Waals surface area (Å²) in [5.41, 5.74) is 1.58. The van der Waals surface area contributed by atoms with Crippen LogP contribution in [0.1, 0.15) is 55.9 Å². The minimum atomic E-state index is -0.277. The van der Waals surface area contributed by atoms with Crippen LogP contribution in [0.25, 0.3) is 0 Å². The Morgan fingerprint density at radius 3 is 2.52 bits per heavy atom. The zero-order valence-corrected chi connectivity index (χ0v) is 14.2. The molecule has 2 nitrogen and oxygen atoms in total. The average molecular weight is 327 g/mol. The molecule has 1 atom stereocenters. The van der Waals surface area contributed by atoms with Gasteiger partial charge in [-0.1, -0.05) is 25.4 Å². The first kappa shape index (κ1) is 16.4. The molecule has 1 aromatic heterocycles. The molecule has 0 aliphatic heterocycles. The maximum absolute atomic E-state index is 14.2. The lowest BCUT2D eigenvalue weighted by molar-refractivity contribution is 0.501. The van der Waals surface area contributed by atoms with Crippen molar-refractivity contribution >= 4 is 22.9 Å². The summed E-state index contributed by atoms with van der Waals surface area (Å²) in [6.07, 6.45) is 0. The predicted octanol–water partition coefficient (Wildman–Crippen LogP) is 5.15. The third-order valence-corrected chi connectivity index (χ3v) is 4.31. The Labute approximate surface area is 134 Å². The summed E-state index contributed by atoms with van der Waals surface area (Å²) >= 11 is 7.58. The predicted molar refractivity (Wildman–Crippen MR) is 87.7 cm³/mol. The maximum atomic E-state index is 14.2. The highest BCUT2D eigenvalue weighted by Gasteiger charge is 2.22. The van der Waals surface area contributed by atoms with Gasteiger partial charge < -0.3 is 5.32 Å². The third kappa shape index (κ3) is 4.02. The number of hydrogen-bond acceptors (Lipinski definition) is 3. The molecule has 0 amide bonds. The van der Waals surface area contributed by atoms with Crippen LogP contribution in [0, 0.1) is 5.82 Å². The molecule has 1 unspecified atom stereocenters. The smallest absolute Gasteiger partial charge is 0.128 e. The van der Waals surface area contributed by atoms with Gasteiger partial charge in [-0.05, 0) is 38.0 Å². The van der Waals surface area contributed by atoms with Gasteiger partial charge in [-0.25, -0.2) is 9.37 Å². The van der Waals surface area contributed by atoms with Gasteiger partial charge in [-0.3, -0.25) is 0 Å². The maximum Gasteiger partial charge on any atom is 0.128 e. The van der Waals surface area contributed by atoms with E-state index in [1.54, 1.807) is 23.5 Å². The minimum Gasteiger partial charge on any atom is -0.302 e. The number of halogens is 2. The largest absolute Gasteiger partial charge is 0.302 e. The molecule has 0 saturated carbocycles. The summed E-state index contributed by atoms with van der Waals surface area (Å²) in [6.45, 7) is 8.27. The molecule has 0 bridgehead atoms. The second-order valence-corrected chi connectivity index (χ2v) is 7.01. The first-order chi connectivity index (χ1) is 9.88. The van der Waals surface area contributed by atoms with E-state index in [0.717, 1.165) is 10.7 Å². The molecule has 2 aromatic rings. The minimum absolute atomic E-state index is 0.208. The van der Waals surface area contributed by atoms with Gasteiger partial charge in [0, 0.05) is 22.0 Å². The molecule has 0 fully saturated rings. The van der Waals surface area contributed by atoms with Gasteiger partial charge in [-0.2, -0.15) is 0 Å². The first-order valence-corrected chi connectivity index (χ1v) is 8.30. The fraction of sp³-hybridized carbons (Fsp3) is 0.438. The Bertz CT molecular complexity index is 610. The van der Waals surface area contributed by atoms with E-state index in [1.165, 1.54) is 6.07 Å². The van der Waals surface area contributed by atoms with Gasteiger partial charge >= 0.3 is 0 Å². The molecule has 21 heavy (non-hydrogen) atoms. The number of rotatable bonds is 5. The van der Waals surface area contributed by atoms with E-state index in [-0.39, 0.29) is 17.9 Å². The third-order valence-electron chi connectivity index (χ3n) is 3.15. The van der Waals surface area contributed by atoms with E-state index in [2.05, 4.69) is 24.1 Å². The van der Waals surface area contributed by atoms with E-state index < -0.39 is 0 Å². The number of benzene rings is 1. The molecule has 5 heteroatoms. The Morgan fingerprint density at radius 1 is 1.24 bits per heavy atom. The molecule has 1 heterocycles. The monoisotopic (exact) mass is 326 g/mol. The van der Waals surface area contributed by atoms with Gasteiger partial charge in [0.25, 0.3) is 0 Å². The Balaban J connectivity index is 2.44. The number of aromatic nitrogens is 1. The first-order valence-electron chi connectivity index (χ1n) is 7.04. The summed E-state index contributed by atoms with van der Waals surface area (Å²) in [5.74, 6) is 0.0951. The van der Waals surface area contributed by atoms with E-state index >= 15 is 0 Å². The number of nitrogens with one attached hydrogen (secondary N) is 1. The lowest BCUT2D eigenvalue weighted by Gasteiger charge is -2.20. The van der Waals surface area contributed by atoms with Crippen molar-refractivity contribution in [2.24, 2.45) is 0 Å². The van der Waals surface area contributed by atoms with Crippen LogP contribution in [0.15, 0.2) is 23.6 Å². The topological polar surface area (TPSA) is 24.9 Å². The van der Waals surface area contributed by atoms with Crippen LogP contribution < -0.4 is 5.32 Å². The molecule has 0 aliphatic rings. The van der Waals surface area contributed by atoms with Crippen LogP contribution in [0.2, 0.25) is 5.02 Å². The molecule has 114 valence electrons. The highest BCUT2D eigenvalue weighted by Crippen LogP contribution is 2.31. The van der Waals surface area contributed by atoms with Crippen LogP contribution in [0.5, 0.6) is 0 Å². The molecule has 2 rings (SSSR count). The summed E-state index contributed by atoms with van der Waals surface area (Å²) < 4.78 is 14.2. The van der Waals surface area contributed by atoms with Crippen molar-refractivity contribution in [1.82, 2.24) is 10.3 Å². The highest BCUT2D eigenvalue weighted by atomic mass is 35.5. The Kier molecular flexibility index (Phi) is 5.36. The van der Waals surface area contributed by atoms with Crippen LogP contribution in [-0.2, 0) is 0 Å². The zero-order chi connectivity index (χ0) is 15.6. The lowest BCUT2D eigenvalue weighted by atomic mass is 10.1. The quantitative estimate of drug-likeness (QED) is 0.822.